The third kappa shape index (κ3) is 4.74. The molecule has 3 nitrogen and oxygen atoms in total. The molecular weight excluding hydrogens is 286 g/mol. The molecule has 21 heavy (non-hydrogen) atoms. The molecule has 0 atom stereocenters. The Kier molecular flexibility index (Phi) is 6.05. The number of benzene rings is 2. The van der Waals surface area contributed by atoms with Gasteiger partial charge in [-0.15, -0.1) is 0 Å². The minimum absolute atomic E-state index is 0.0175. The standard InChI is InChI=1S/C17H20ClNO2/c1-13-6-7-14(10-16(13)18)11-19-12-15-4-2-3-5-17(15)21-9-8-20/h2-7,10,19-20H,8-9,11-12H2,1H3. The highest BCUT2D eigenvalue weighted by Gasteiger charge is 2.03. The quantitative estimate of drug-likeness (QED) is 0.824. The van der Waals surface area contributed by atoms with Gasteiger partial charge in [0, 0.05) is 23.7 Å². The fourth-order valence-corrected chi connectivity index (χ4v) is 2.24. The maximum absolute atomic E-state index is 8.84. The van der Waals surface area contributed by atoms with Crippen molar-refractivity contribution in [3.8, 4) is 5.75 Å². The molecule has 2 N–H and O–H groups in total. The Morgan fingerprint density at radius 3 is 2.71 bits per heavy atom. The van der Waals surface area contributed by atoms with Crippen LogP contribution in [0.1, 0.15) is 16.7 Å². The minimum Gasteiger partial charge on any atom is -0.491 e. The van der Waals surface area contributed by atoms with Gasteiger partial charge in [-0.05, 0) is 30.2 Å². The summed E-state index contributed by atoms with van der Waals surface area (Å²) in [5.74, 6) is 0.806. The van der Waals surface area contributed by atoms with E-state index in [0.717, 1.165) is 34.0 Å². The largest absolute Gasteiger partial charge is 0.491 e. The van der Waals surface area contributed by atoms with Crippen molar-refractivity contribution in [2.75, 3.05) is 13.2 Å². The number of nitrogens with one attached hydrogen (secondary N) is 1. The lowest BCUT2D eigenvalue weighted by Gasteiger charge is -2.11. The van der Waals surface area contributed by atoms with Crippen molar-refractivity contribution in [1.82, 2.24) is 5.32 Å². The van der Waals surface area contributed by atoms with Gasteiger partial charge in [-0.3, -0.25) is 0 Å². The van der Waals surface area contributed by atoms with Gasteiger partial charge in [0.05, 0.1) is 6.61 Å². The van der Waals surface area contributed by atoms with Crippen molar-refractivity contribution in [1.29, 1.82) is 0 Å². The van der Waals surface area contributed by atoms with Gasteiger partial charge in [-0.25, -0.2) is 0 Å². The molecule has 2 aromatic carbocycles. The predicted molar refractivity (Wildman–Crippen MR) is 85.8 cm³/mol. The molecule has 2 rings (SSSR count). The molecule has 0 aliphatic rings. The van der Waals surface area contributed by atoms with Gasteiger partial charge in [0.2, 0.25) is 0 Å². The number of ether oxygens (including phenoxy) is 1. The van der Waals surface area contributed by atoms with E-state index in [1.807, 2.05) is 43.3 Å². The highest BCUT2D eigenvalue weighted by molar-refractivity contribution is 6.31. The van der Waals surface area contributed by atoms with E-state index in [-0.39, 0.29) is 6.61 Å². The highest BCUT2D eigenvalue weighted by Crippen LogP contribution is 2.19. The van der Waals surface area contributed by atoms with E-state index in [1.165, 1.54) is 0 Å². The SMILES string of the molecule is Cc1ccc(CNCc2ccccc2OCCO)cc1Cl. The van der Waals surface area contributed by atoms with Crippen LogP contribution in [0.5, 0.6) is 5.75 Å². The summed E-state index contributed by atoms with van der Waals surface area (Å²) < 4.78 is 5.51. The van der Waals surface area contributed by atoms with Gasteiger partial charge >= 0.3 is 0 Å². The van der Waals surface area contributed by atoms with Gasteiger partial charge in [0.1, 0.15) is 12.4 Å². The molecule has 4 heteroatoms. The fourth-order valence-electron chi connectivity index (χ4n) is 2.03. The number of para-hydroxylation sites is 1. The zero-order valence-corrected chi connectivity index (χ0v) is 12.9. The molecule has 0 aliphatic heterocycles. The summed E-state index contributed by atoms with van der Waals surface area (Å²) in [4.78, 5) is 0. The van der Waals surface area contributed by atoms with E-state index < -0.39 is 0 Å². The van der Waals surface area contributed by atoms with Gasteiger partial charge < -0.3 is 15.2 Å². The molecule has 0 fully saturated rings. The topological polar surface area (TPSA) is 41.5 Å². The molecule has 0 radical (unpaired) electrons. The summed E-state index contributed by atoms with van der Waals surface area (Å²) in [7, 11) is 0. The van der Waals surface area contributed by atoms with Crippen LogP contribution in [0.2, 0.25) is 5.02 Å². The lowest BCUT2D eigenvalue weighted by atomic mass is 10.1. The van der Waals surface area contributed by atoms with Crippen molar-refractivity contribution in [2.24, 2.45) is 0 Å². The Morgan fingerprint density at radius 1 is 1.14 bits per heavy atom. The van der Waals surface area contributed by atoms with Crippen LogP contribution in [0.4, 0.5) is 0 Å². The minimum atomic E-state index is 0.0175. The normalized spacial score (nSPS) is 10.6. The Morgan fingerprint density at radius 2 is 1.95 bits per heavy atom. The highest BCUT2D eigenvalue weighted by atomic mass is 35.5. The molecule has 0 bridgehead atoms. The molecule has 0 aromatic heterocycles. The first-order valence-corrected chi connectivity index (χ1v) is 7.36. The average molecular weight is 306 g/mol. The molecule has 0 aliphatic carbocycles. The van der Waals surface area contributed by atoms with E-state index in [9.17, 15) is 0 Å². The van der Waals surface area contributed by atoms with Crippen LogP contribution in [0.25, 0.3) is 0 Å². The van der Waals surface area contributed by atoms with Crippen LogP contribution in [-0.4, -0.2) is 18.3 Å². The van der Waals surface area contributed by atoms with Crippen molar-refractivity contribution in [2.45, 2.75) is 20.0 Å². The summed E-state index contributed by atoms with van der Waals surface area (Å²) in [6.07, 6.45) is 0. The molecule has 0 saturated carbocycles. The van der Waals surface area contributed by atoms with E-state index in [0.29, 0.717) is 13.2 Å². The molecule has 0 spiro atoms. The number of aryl methyl sites for hydroxylation is 1. The maximum Gasteiger partial charge on any atom is 0.123 e. The fraction of sp³-hybridized carbons (Fsp3) is 0.294. The van der Waals surface area contributed by atoms with Crippen molar-refractivity contribution in [3.63, 3.8) is 0 Å². The van der Waals surface area contributed by atoms with Gasteiger partial charge in [0.15, 0.2) is 0 Å². The number of aliphatic hydroxyl groups is 1. The number of halogens is 1. The van der Waals surface area contributed by atoms with Crippen LogP contribution in [0, 0.1) is 6.92 Å². The maximum atomic E-state index is 8.84. The first kappa shape index (κ1) is 15.8. The van der Waals surface area contributed by atoms with Crippen LogP contribution in [0.3, 0.4) is 0 Å². The first-order valence-electron chi connectivity index (χ1n) is 6.98. The lowest BCUT2D eigenvalue weighted by Crippen LogP contribution is -2.14. The Bertz CT molecular complexity index is 587. The van der Waals surface area contributed by atoms with E-state index in [1.54, 1.807) is 0 Å². The monoisotopic (exact) mass is 305 g/mol. The van der Waals surface area contributed by atoms with Gasteiger partial charge in [-0.2, -0.15) is 0 Å². The van der Waals surface area contributed by atoms with Crippen molar-refractivity contribution in [3.05, 3.63) is 64.2 Å². The molecule has 0 amide bonds. The zero-order valence-electron chi connectivity index (χ0n) is 12.1. The second kappa shape index (κ2) is 8.03. The van der Waals surface area contributed by atoms with Gasteiger partial charge in [0.25, 0.3) is 0 Å². The average Bonchev–Trinajstić information content (AvgIpc) is 2.50. The lowest BCUT2D eigenvalue weighted by molar-refractivity contribution is 0.200. The third-order valence-electron chi connectivity index (χ3n) is 3.20. The van der Waals surface area contributed by atoms with E-state index in [2.05, 4.69) is 11.4 Å². The van der Waals surface area contributed by atoms with Crippen LogP contribution >= 0.6 is 11.6 Å². The van der Waals surface area contributed by atoms with Crippen molar-refractivity contribution >= 4 is 11.6 Å². The number of hydrogen-bond acceptors (Lipinski definition) is 3. The smallest absolute Gasteiger partial charge is 0.123 e. The molecule has 112 valence electrons. The summed E-state index contributed by atoms with van der Waals surface area (Å²) in [5, 5.41) is 13.0. The predicted octanol–water partition coefficient (Wildman–Crippen LogP) is 3.31. The summed E-state index contributed by atoms with van der Waals surface area (Å²) in [5.41, 5.74) is 3.31. The third-order valence-corrected chi connectivity index (χ3v) is 3.61. The van der Waals surface area contributed by atoms with Gasteiger partial charge in [-0.1, -0.05) is 41.9 Å². The summed E-state index contributed by atoms with van der Waals surface area (Å²) in [6, 6.07) is 13.9. The molecule has 0 unspecified atom stereocenters. The second-order valence-corrected chi connectivity index (χ2v) is 5.27. The number of rotatable bonds is 7. The zero-order chi connectivity index (χ0) is 15.1. The Balaban J connectivity index is 1.92. The van der Waals surface area contributed by atoms with E-state index in [4.69, 9.17) is 21.4 Å². The Labute approximate surface area is 130 Å². The number of hydrogen-bond donors (Lipinski definition) is 2. The molecule has 0 saturated heterocycles. The second-order valence-electron chi connectivity index (χ2n) is 4.87. The van der Waals surface area contributed by atoms with Crippen molar-refractivity contribution < 1.29 is 9.84 Å². The molecular formula is C17H20ClNO2. The van der Waals surface area contributed by atoms with Crippen LogP contribution in [-0.2, 0) is 13.1 Å². The summed E-state index contributed by atoms with van der Waals surface area (Å²) in [6.45, 7) is 3.77. The summed E-state index contributed by atoms with van der Waals surface area (Å²) >= 11 is 6.12. The molecule has 2 aromatic rings. The first-order chi connectivity index (χ1) is 10.2. The van der Waals surface area contributed by atoms with Crippen LogP contribution < -0.4 is 10.1 Å². The van der Waals surface area contributed by atoms with E-state index >= 15 is 0 Å². The molecule has 0 heterocycles. The Hall–Kier alpha value is -1.55. The van der Waals surface area contributed by atoms with Crippen LogP contribution in [0.15, 0.2) is 42.5 Å². The number of aliphatic hydroxyl groups excluding tert-OH is 1.